The van der Waals surface area contributed by atoms with Crippen molar-refractivity contribution in [2.45, 2.75) is 32.7 Å². The molecule has 0 bridgehead atoms. The van der Waals surface area contributed by atoms with Crippen molar-refractivity contribution in [2.75, 3.05) is 45.5 Å². The highest BCUT2D eigenvalue weighted by Gasteiger charge is 2.20. The molecule has 0 amide bonds. The fourth-order valence-corrected chi connectivity index (χ4v) is 3.35. The first-order valence-corrected chi connectivity index (χ1v) is 8.49. The summed E-state index contributed by atoms with van der Waals surface area (Å²) in [5.74, 6) is 0.249. The maximum absolute atomic E-state index is 11.7. The Labute approximate surface area is 112 Å². The monoisotopic (exact) mass is 277 g/mol. The highest BCUT2D eigenvalue weighted by atomic mass is 32.2. The summed E-state index contributed by atoms with van der Waals surface area (Å²) in [6, 6.07) is 0.273. The van der Waals surface area contributed by atoms with Gasteiger partial charge in [0.15, 0.2) is 0 Å². The van der Waals surface area contributed by atoms with Crippen molar-refractivity contribution in [3.63, 3.8) is 0 Å². The lowest BCUT2D eigenvalue weighted by molar-refractivity contribution is 0.120. The summed E-state index contributed by atoms with van der Waals surface area (Å²) in [7, 11) is -0.955. The minimum absolute atomic E-state index is 0.249. The Balaban J connectivity index is 2.30. The summed E-state index contributed by atoms with van der Waals surface area (Å²) in [6.07, 6.45) is 1.65. The third-order valence-corrected chi connectivity index (χ3v) is 4.96. The highest BCUT2D eigenvalue weighted by molar-refractivity contribution is 7.89. The molecule has 0 aromatic heterocycles. The number of nitrogens with one attached hydrogen (secondary N) is 1. The number of hydrogen-bond acceptors (Lipinski definition) is 4. The Kier molecular flexibility index (Phi) is 6.55. The number of unbranched alkanes of at least 4 members (excludes halogenated alkanes) is 1. The van der Waals surface area contributed by atoms with Gasteiger partial charge in [0.25, 0.3) is 0 Å². The van der Waals surface area contributed by atoms with E-state index in [1.807, 2.05) is 6.92 Å². The van der Waals surface area contributed by atoms with Crippen LogP contribution in [0, 0.1) is 0 Å². The zero-order valence-electron chi connectivity index (χ0n) is 11.9. The molecule has 108 valence electrons. The lowest BCUT2D eigenvalue weighted by Crippen LogP contribution is -2.51. The third kappa shape index (κ3) is 5.65. The van der Waals surface area contributed by atoms with E-state index in [0.29, 0.717) is 6.54 Å². The molecule has 5 nitrogen and oxygen atoms in total. The molecule has 1 N–H and O–H groups in total. The van der Waals surface area contributed by atoms with Crippen molar-refractivity contribution < 1.29 is 8.42 Å². The van der Waals surface area contributed by atoms with Gasteiger partial charge in [0.2, 0.25) is 10.0 Å². The van der Waals surface area contributed by atoms with Crippen LogP contribution in [-0.4, -0.2) is 69.8 Å². The van der Waals surface area contributed by atoms with E-state index in [9.17, 15) is 8.42 Å². The fourth-order valence-electron chi connectivity index (χ4n) is 2.05. The Morgan fingerprint density at radius 3 is 2.39 bits per heavy atom. The van der Waals surface area contributed by atoms with Gasteiger partial charge >= 0.3 is 0 Å². The van der Waals surface area contributed by atoms with Crippen LogP contribution >= 0.6 is 0 Å². The van der Waals surface area contributed by atoms with Gasteiger partial charge in [-0.05, 0) is 20.4 Å². The number of piperazine rings is 1. The van der Waals surface area contributed by atoms with Gasteiger partial charge in [0, 0.05) is 38.8 Å². The summed E-state index contributed by atoms with van der Waals surface area (Å²) in [4.78, 5) is 4.65. The molecule has 1 rings (SSSR count). The van der Waals surface area contributed by atoms with Gasteiger partial charge < -0.3 is 4.90 Å². The lowest BCUT2D eigenvalue weighted by Gasteiger charge is -2.36. The standard InChI is InChI=1S/C12H27N3O2S/c1-4-5-10-18(16,17)13-11-12(2)15-8-6-14(3)7-9-15/h12-13H,4-11H2,1-3H3. The van der Waals surface area contributed by atoms with E-state index >= 15 is 0 Å². The van der Waals surface area contributed by atoms with E-state index in [2.05, 4.69) is 28.5 Å². The predicted octanol–water partition coefficient (Wildman–Crippen LogP) is 0.342. The number of rotatable bonds is 7. The van der Waals surface area contributed by atoms with Crippen molar-refractivity contribution in [3.8, 4) is 0 Å². The van der Waals surface area contributed by atoms with Crippen LogP contribution in [0.3, 0.4) is 0 Å². The summed E-state index contributed by atoms with van der Waals surface area (Å²) >= 11 is 0. The number of likely N-dealkylation sites (N-methyl/N-ethyl adjacent to an activating group) is 1. The van der Waals surface area contributed by atoms with Gasteiger partial charge in [-0.3, -0.25) is 4.90 Å². The van der Waals surface area contributed by atoms with Crippen LogP contribution < -0.4 is 4.72 Å². The SMILES string of the molecule is CCCCS(=O)(=O)NCC(C)N1CCN(C)CC1. The first kappa shape index (κ1) is 15.9. The normalized spacial score (nSPS) is 21.1. The minimum atomic E-state index is -3.08. The van der Waals surface area contributed by atoms with Crippen LogP contribution in [0.2, 0.25) is 0 Å². The van der Waals surface area contributed by atoms with Crippen molar-refractivity contribution in [2.24, 2.45) is 0 Å². The van der Waals surface area contributed by atoms with E-state index in [4.69, 9.17) is 0 Å². The number of nitrogens with zero attached hydrogens (tertiary/aromatic N) is 2. The van der Waals surface area contributed by atoms with Crippen molar-refractivity contribution in [1.82, 2.24) is 14.5 Å². The number of sulfonamides is 1. The molecular formula is C12H27N3O2S. The summed E-state index contributed by atoms with van der Waals surface area (Å²) in [5.41, 5.74) is 0. The second-order valence-corrected chi connectivity index (χ2v) is 7.14. The first-order valence-electron chi connectivity index (χ1n) is 6.84. The Hall–Kier alpha value is -0.170. The second-order valence-electron chi connectivity index (χ2n) is 5.21. The largest absolute Gasteiger partial charge is 0.304 e. The first-order chi connectivity index (χ1) is 8.44. The maximum Gasteiger partial charge on any atom is 0.211 e. The molecule has 1 fully saturated rings. The molecule has 0 saturated carbocycles. The molecule has 18 heavy (non-hydrogen) atoms. The molecule has 1 heterocycles. The molecule has 0 aliphatic carbocycles. The van der Waals surface area contributed by atoms with Crippen molar-refractivity contribution in [1.29, 1.82) is 0 Å². The summed E-state index contributed by atoms with van der Waals surface area (Å²) in [5, 5.41) is 0. The van der Waals surface area contributed by atoms with Gasteiger partial charge in [0.1, 0.15) is 0 Å². The highest BCUT2D eigenvalue weighted by Crippen LogP contribution is 2.04. The van der Waals surface area contributed by atoms with E-state index in [-0.39, 0.29) is 11.8 Å². The maximum atomic E-state index is 11.7. The molecule has 1 aliphatic heterocycles. The molecule has 1 aliphatic rings. The van der Waals surface area contributed by atoms with Crippen LogP contribution in [0.4, 0.5) is 0 Å². The van der Waals surface area contributed by atoms with Gasteiger partial charge in [-0.25, -0.2) is 13.1 Å². The van der Waals surface area contributed by atoms with E-state index in [1.165, 1.54) is 0 Å². The Morgan fingerprint density at radius 1 is 1.22 bits per heavy atom. The molecule has 1 saturated heterocycles. The van der Waals surface area contributed by atoms with Gasteiger partial charge in [-0.15, -0.1) is 0 Å². The molecule has 0 spiro atoms. The quantitative estimate of drug-likeness (QED) is 0.729. The number of hydrogen-bond donors (Lipinski definition) is 1. The lowest BCUT2D eigenvalue weighted by atomic mass is 10.2. The van der Waals surface area contributed by atoms with Gasteiger partial charge in [0.05, 0.1) is 5.75 Å². The smallest absolute Gasteiger partial charge is 0.211 e. The molecule has 1 unspecified atom stereocenters. The molecule has 1 atom stereocenters. The Morgan fingerprint density at radius 2 is 1.83 bits per heavy atom. The zero-order valence-corrected chi connectivity index (χ0v) is 12.7. The van der Waals surface area contributed by atoms with Crippen LogP contribution in [0.1, 0.15) is 26.7 Å². The average Bonchev–Trinajstić information content (AvgIpc) is 2.35. The molecule has 0 radical (unpaired) electrons. The van der Waals surface area contributed by atoms with Crippen molar-refractivity contribution >= 4 is 10.0 Å². The minimum Gasteiger partial charge on any atom is -0.304 e. The average molecular weight is 277 g/mol. The van der Waals surface area contributed by atoms with E-state index < -0.39 is 10.0 Å². The fraction of sp³-hybridized carbons (Fsp3) is 1.00. The molecule has 0 aromatic rings. The van der Waals surface area contributed by atoms with Crippen LogP contribution in [0.5, 0.6) is 0 Å². The molecule has 0 aromatic carbocycles. The Bertz CT molecular complexity index is 324. The van der Waals surface area contributed by atoms with Gasteiger partial charge in [-0.2, -0.15) is 0 Å². The third-order valence-electron chi connectivity index (χ3n) is 3.53. The van der Waals surface area contributed by atoms with Crippen LogP contribution in [-0.2, 0) is 10.0 Å². The zero-order chi connectivity index (χ0) is 13.6. The molecular weight excluding hydrogens is 250 g/mol. The second kappa shape index (κ2) is 7.43. The van der Waals surface area contributed by atoms with E-state index in [0.717, 1.165) is 39.0 Å². The van der Waals surface area contributed by atoms with Gasteiger partial charge in [-0.1, -0.05) is 13.3 Å². The molecule has 6 heteroatoms. The van der Waals surface area contributed by atoms with E-state index in [1.54, 1.807) is 0 Å². The summed E-state index contributed by atoms with van der Waals surface area (Å²) < 4.78 is 26.1. The van der Waals surface area contributed by atoms with Crippen LogP contribution in [0.15, 0.2) is 0 Å². The van der Waals surface area contributed by atoms with Crippen LogP contribution in [0.25, 0.3) is 0 Å². The predicted molar refractivity (Wildman–Crippen MR) is 75.2 cm³/mol. The van der Waals surface area contributed by atoms with Crippen molar-refractivity contribution in [3.05, 3.63) is 0 Å². The summed E-state index contributed by atoms with van der Waals surface area (Å²) in [6.45, 7) is 8.79. The topological polar surface area (TPSA) is 52.7 Å².